The first kappa shape index (κ1) is 39.7. The van der Waals surface area contributed by atoms with Gasteiger partial charge in [0.15, 0.2) is 17.4 Å². The number of para-hydroxylation sites is 4. The molecule has 0 radical (unpaired) electrons. The average Bonchev–Trinajstić information content (AvgIpc) is 4.04. The molecule has 0 atom stereocenters. The number of hydrogen-bond donors (Lipinski definition) is 0. The molecule has 5 heteroatoms. The first-order valence-electron chi connectivity index (χ1n) is 22.1. The molecule has 0 saturated heterocycles. The smallest absolute Gasteiger partial charge is 0.168 e. The number of benzene rings is 9. The van der Waals surface area contributed by atoms with Gasteiger partial charge in [0, 0.05) is 56.0 Å². The molecule has 1 aliphatic carbocycles. The molecule has 0 fully saturated rings. The molecule has 4 nitrogen and oxygen atoms in total. The van der Waals surface area contributed by atoms with Crippen LogP contribution < -0.4 is 0 Å². The van der Waals surface area contributed by atoms with Gasteiger partial charge >= 0.3 is 0 Å². The normalized spacial score (nSPS) is 12.5. The summed E-state index contributed by atoms with van der Waals surface area (Å²) in [5.41, 5.74) is 17.2. The maximum Gasteiger partial charge on any atom is 0.168 e. The Balaban J connectivity index is 0.00000456. The van der Waals surface area contributed by atoms with E-state index >= 15 is 0 Å². The molecular weight excluding hydrogens is 984 g/mol. The topological polar surface area (TPSA) is 27.7 Å². The second-order valence-corrected chi connectivity index (χ2v) is 16.8. The van der Waals surface area contributed by atoms with Crippen LogP contribution >= 0.6 is 0 Å². The number of hydrogen-bond acceptors (Lipinski definition) is 1. The summed E-state index contributed by atoms with van der Waals surface area (Å²) < 4.78 is 6.83. The van der Waals surface area contributed by atoms with E-state index in [1.54, 1.807) is 0 Å². The molecule has 0 N–H and O–H groups in total. The quantitative estimate of drug-likeness (QED) is 0.146. The Morgan fingerprint density at radius 3 is 1.73 bits per heavy atom. The van der Waals surface area contributed by atoms with E-state index in [4.69, 9.17) is 4.98 Å². The summed E-state index contributed by atoms with van der Waals surface area (Å²) >= 11 is 0. The summed E-state index contributed by atoms with van der Waals surface area (Å²) in [7, 11) is 0. The van der Waals surface area contributed by atoms with E-state index in [1.807, 2.05) is 6.20 Å². The Kier molecular flexibility index (Phi) is 9.59. The van der Waals surface area contributed by atoms with Crippen LogP contribution in [0.2, 0.25) is 0 Å². The maximum absolute atomic E-state index is 5.11. The van der Waals surface area contributed by atoms with Gasteiger partial charge in [0.25, 0.3) is 0 Å². The summed E-state index contributed by atoms with van der Waals surface area (Å²) in [6.07, 6.45) is 4.13. The van der Waals surface area contributed by atoms with Gasteiger partial charge in [-0.05, 0) is 80.2 Å². The fourth-order valence-corrected chi connectivity index (χ4v) is 10.5. The van der Waals surface area contributed by atoms with Crippen LogP contribution in [0.5, 0.6) is 0 Å². The van der Waals surface area contributed by atoms with E-state index in [2.05, 4.69) is 257 Å². The number of fused-ring (bicyclic) bond motifs is 7. The van der Waals surface area contributed by atoms with Crippen molar-refractivity contribution >= 4 is 32.8 Å². The predicted octanol–water partition coefficient (Wildman–Crippen LogP) is 14.5. The fourth-order valence-electron chi connectivity index (χ4n) is 10.5. The third kappa shape index (κ3) is 6.02. The summed E-state index contributed by atoms with van der Waals surface area (Å²) in [5.74, 6) is 0.839. The first-order valence-corrected chi connectivity index (χ1v) is 22.1. The third-order valence-corrected chi connectivity index (χ3v) is 13.3. The second kappa shape index (κ2) is 16.0. The van der Waals surface area contributed by atoms with E-state index in [0.717, 1.165) is 72.3 Å². The van der Waals surface area contributed by atoms with Crippen LogP contribution in [-0.4, -0.2) is 18.7 Å². The zero-order valence-electron chi connectivity index (χ0n) is 35.6. The predicted molar refractivity (Wildman–Crippen MR) is 265 cm³/mol. The third-order valence-electron chi connectivity index (χ3n) is 13.3. The van der Waals surface area contributed by atoms with Crippen LogP contribution in [0.25, 0.3) is 83.4 Å². The molecular formula is C61H39N4Pt-. The van der Waals surface area contributed by atoms with Gasteiger partial charge in [-0.3, -0.25) is 0 Å². The van der Waals surface area contributed by atoms with Crippen molar-refractivity contribution in [3.05, 3.63) is 271 Å². The molecule has 0 spiro atoms. The molecule has 0 aliphatic heterocycles. The summed E-state index contributed by atoms with van der Waals surface area (Å²) in [5, 5.41) is 2.28. The van der Waals surface area contributed by atoms with Crippen molar-refractivity contribution in [2.75, 3.05) is 0 Å². The van der Waals surface area contributed by atoms with Gasteiger partial charge in [-0.1, -0.05) is 157 Å². The molecule has 0 saturated carbocycles. The van der Waals surface area contributed by atoms with Crippen LogP contribution in [0.3, 0.4) is 0 Å². The number of aromatic nitrogens is 4. The summed E-state index contributed by atoms with van der Waals surface area (Å²) in [4.78, 5) is 5.11. The van der Waals surface area contributed by atoms with Crippen molar-refractivity contribution in [2.24, 2.45) is 0 Å². The van der Waals surface area contributed by atoms with Gasteiger partial charge in [0.1, 0.15) is 11.5 Å². The second-order valence-electron chi connectivity index (χ2n) is 16.8. The number of imidazole rings is 1. The van der Waals surface area contributed by atoms with Crippen LogP contribution in [-0.2, 0) is 26.5 Å². The van der Waals surface area contributed by atoms with Gasteiger partial charge in [-0.15, -0.1) is 28.6 Å². The molecule has 9 aromatic carbocycles. The minimum atomic E-state index is -0.749. The van der Waals surface area contributed by atoms with Crippen molar-refractivity contribution in [1.82, 2.24) is 18.7 Å². The molecule has 1 aliphatic rings. The molecule has 0 amide bonds. The zero-order valence-corrected chi connectivity index (χ0v) is 37.9. The van der Waals surface area contributed by atoms with Gasteiger partial charge in [-0.2, -0.15) is 34.9 Å². The fraction of sp³-hybridized carbons (Fsp3) is 0.0164. The largest absolute Gasteiger partial charge is 0.319 e. The van der Waals surface area contributed by atoms with Crippen molar-refractivity contribution in [1.29, 1.82) is 0 Å². The zero-order chi connectivity index (χ0) is 42.9. The van der Waals surface area contributed by atoms with Crippen LogP contribution in [0, 0.1) is 12.1 Å². The SMILES string of the molecule is [Pt].[c-]1c(-n2[cH+]n(-c3ccccc3)c3ccccc32)cccc1C1(c2[c-]c3c(cc2)c2ccccc2n3-c2cc(-c3ccccc3-c3ccccc3)ccn2)c2ccccc2-c2ccccc21. The van der Waals surface area contributed by atoms with Crippen molar-refractivity contribution < 1.29 is 21.1 Å². The Hall–Kier alpha value is -7.91. The number of pyridine rings is 1. The van der Waals surface area contributed by atoms with Gasteiger partial charge < -0.3 is 4.57 Å². The molecule has 314 valence electrons. The Labute approximate surface area is 397 Å². The molecule has 0 unspecified atom stereocenters. The molecule has 12 aromatic rings. The van der Waals surface area contributed by atoms with Gasteiger partial charge in [0.2, 0.25) is 0 Å². The molecule has 0 bridgehead atoms. The van der Waals surface area contributed by atoms with E-state index in [1.165, 1.54) is 33.4 Å². The monoisotopic (exact) mass is 1020 g/mol. The Morgan fingerprint density at radius 1 is 0.424 bits per heavy atom. The number of nitrogens with zero attached hydrogens (tertiary/aromatic N) is 4. The van der Waals surface area contributed by atoms with Crippen molar-refractivity contribution in [3.63, 3.8) is 0 Å². The molecule has 3 aromatic heterocycles. The Bertz CT molecular complexity index is 3750. The van der Waals surface area contributed by atoms with Crippen LogP contribution in [0.4, 0.5) is 0 Å². The minimum Gasteiger partial charge on any atom is -0.319 e. The Morgan fingerprint density at radius 2 is 1.00 bits per heavy atom. The van der Waals surface area contributed by atoms with Gasteiger partial charge in [0.05, 0.1) is 0 Å². The molecule has 66 heavy (non-hydrogen) atoms. The van der Waals surface area contributed by atoms with Gasteiger partial charge in [-0.25, -0.2) is 9.55 Å². The maximum atomic E-state index is 5.11. The van der Waals surface area contributed by atoms with E-state index in [-0.39, 0.29) is 21.1 Å². The van der Waals surface area contributed by atoms with E-state index in [9.17, 15) is 0 Å². The standard InChI is InChI=1S/C61H39N4.Pt/c1-3-18-42(19-4-1)48-24-7-8-25-49(48)43-36-37-62-60(38-43)65-56-31-14-11-28-52(56)53-35-34-45(40-59(53)65)61(54-29-12-9-26-50(54)51-27-10-13-30-55(51)61)44-20-17-23-47(39-44)64-41-63(46-21-5-2-6-22-46)57-32-15-16-33-58(57)64;/h1-38,41H;/q-1;. The average molecular weight is 1020 g/mol. The van der Waals surface area contributed by atoms with Crippen LogP contribution in [0.1, 0.15) is 22.3 Å². The molecule has 13 rings (SSSR count). The summed E-state index contributed by atoms with van der Waals surface area (Å²) in [6, 6.07) is 88.6. The summed E-state index contributed by atoms with van der Waals surface area (Å²) in [6.45, 7) is 0. The first-order chi connectivity index (χ1) is 32.3. The van der Waals surface area contributed by atoms with E-state index in [0.29, 0.717) is 0 Å². The van der Waals surface area contributed by atoms with E-state index < -0.39 is 5.41 Å². The van der Waals surface area contributed by atoms with Crippen molar-refractivity contribution in [3.8, 4) is 50.6 Å². The van der Waals surface area contributed by atoms with Crippen molar-refractivity contribution in [2.45, 2.75) is 5.41 Å². The minimum absolute atomic E-state index is 0. The van der Waals surface area contributed by atoms with Crippen LogP contribution in [0.15, 0.2) is 237 Å². The molecule has 3 heterocycles. The number of rotatable bonds is 7.